The van der Waals surface area contributed by atoms with Crippen molar-refractivity contribution in [2.75, 3.05) is 6.54 Å². The summed E-state index contributed by atoms with van der Waals surface area (Å²) in [4.78, 5) is 4.48. The van der Waals surface area contributed by atoms with Crippen LogP contribution in [0.3, 0.4) is 0 Å². The fraction of sp³-hybridized carbons (Fsp3) is 0.538. The standard InChI is InChI=1S/C13H17N3O2/c1-8-7-10(9(2)17-8)13-15-12(16-18-13)11-5-3-4-6-14-11/h7,11,14H,3-6H2,1-2H3. The molecule has 2 aromatic heterocycles. The first-order chi connectivity index (χ1) is 8.74. The second kappa shape index (κ2) is 4.57. The van der Waals surface area contributed by atoms with Crippen molar-refractivity contribution in [2.24, 2.45) is 0 Å². The van der Waals surface area contributed by atoms with Crippen molar-refractivity contribution in [3.8, 4) is 11.5 Å². The Kier molecular flexibility index (Phi) is 2.91. The van der Waals surface area contributed by atoms with Gasteiger partial charge in [0.1, 0.15) is 11.5 Å². The van der Waals surface area contributed by atoms with Crippen molar-refractivity contribution < 1.29 is 8.94 Å². The predicted octanol–water partition coefficient (Wildman–Crippen LogP) is 2.76. The summed E-state index contributed by atoms with van der Waals surface area (Å²) in [6.45, 7) is 4.85. The molecule has 1 aliphatic heterocycles. The van der Waals surface area contributed by atoms with Crippen LogP contribution in [0.4, 0.5) is 0 Å². The normalized spacial score (nSPS) is 20.2. The Morgan fingerprint density at radius 3 is 2.89 bits per heavy atom. The quantitative estimate of drug-likeness (QED) is 0.884. The minimum Gasteiger partial charge on any atom is -0.466 e. The highest BCUT2D eigenvalue weighted by molar-refractivity contribution is 5.56. The lowest BCUT2D eigenvalue weighted by atomic mass is 10.0. The zero-order chi connectivity index (χ0) is 12.5. The minimum absolute atomic E-state index is 0.226. The van der Waals surface area contributed by atoms with E-state index in [1.54, 1.807) is 0 Å². The molecule has 0 aromatic carbocycles. The molecule has 1 unspecified atom stereocenters. The van der Waals surface area contributed by atoms with E-state index in [1.807, 2.05) is 19.9 Å². The van der Waals surface area contributed by atoms with Crippen LogP contribution in [0.15, 0.2) is 15.0 Å². The highest BCUT2D eigenvalue weighted by Gasteiger charge is 2.22. The summed E-state index contributed by atoms with van der Waals surface area (Å²) in [5, 5.41) is 7.49. The van der Waals surface area contributed by atoms with Gasteiger partial charge in [-0.15, -0.1) is 0 Å². The molecule has 1 fully saturated rings. The van der Waals surface area contributed by atoms with Crippen LogP contribution in [0.5, 0.6) is 0 Å². The van der Waals surface area contributed by atoms with Gasteiger partial charge >= 0.3 is 0 Å². The Labute approximate surface area is 106 Å². The first kappa shape index (κ1) is 11.5. The van der Waals surface area contributed by atoms with Gasteiger partial charge in [-0.05, 0) is 39.3 Å². The lowest BCUT2D eigenvalue weighted by molar-refractivity contribution is 0.366. The highest BCUT2D eigenvalue weighted by Crippen LogP contribution is 2.27. The summed E-state index contributed by atoms with van der Waals surface area (Å²) in [5.41, 5.74) is 0.891. The van der Waals surface area contributed by atoms with E-state index >= 15 is 0 Å². The predicted molar refractivity (Wildman–Crippen MR) is 66.1 cm³/mol. The van der Waals surface area contributed by atoms with Crippen LogP contribution < -0.4 is 5.32 Å². The Bertz CT molecular complexity index is 538. The maximum atomic E-state index is 5.48. The molecule has 0 spiro atoms. The lowest BCUT2D eigenvalue weighted by Gasteiger charge is -2.19. The molecule has 2 aromatic rings. The maximum Gasteiger partial charge on any atom is 0.261 e. The van der Waals surface area contributed by atoms with Gasteiger partial charge in [0.25, 0.3) is 5.89 Å². The smallest absolute Gasteiger partial charge is 0.261 e. The minimum atomic E-state index is 0.226. The van der Waals surface area contributed by atoms with Crippen LogP contribution in [-0.4, -0.2) is 16.7 Å². The molecule has 1 atom stereocenters. The monoisotopic (exact) mass is 247 g/mol. The summed E-state index contributed by atoms with van der Waals surface area (Å²) >= 11 is 0. The number of hydrogen-bond donors (Lipinski definition) is 1. The van der Waals surface area contributed by atoms with E-state index in [0.717, 1.165) is 35.9 Å². The van der Waals surface area contributed by atoms with E-state index in [-0.39, 0.29) is 6.04 Å². The van der Waals surface area contributed by atoms with Crippen LogP contribution in [-0.2, 0) is 0 Å². The maximum absolute atomic E-state index is 5.48. The second-order valence-electron chi connectivity index (χ2n) is 4.79. The molecule has 0 radical (unpaired) electrons. The lowest BCUT2D eigenvalue weighted by Crippen LogP contribution is -2.27. The topological polar surface area (TPSA) is 64.1 Å². The van der Waals surface area contributed by atoms with E-state index in [4.69, 9.17) is 8.94 Å². The van der Waals surface area contributed by atoms with Gasteiger partial charge in [-0.3, -0.25) is 0 Å². The van der Waals surface area contributed by atoms with Gasteiger partial charge in [0.15, 0.2) is 5.82 Å². The molecule has 3 rings (SSSR count). The van der Waals surface area contributed by atoms with E-state index < -0.39 is 0 Å². The number of piperidine rings is 1. The summed E-state index contributed by atoms with van der Waals surface area (Å²) in [5.74, 6) is 2.98. The third-order valence-corrected chi connectivity index (χ3v) is 3.34. The molecule has 1 aliphatic rings. The van der Waals surface area contributed by atoms with Crippen molar-refractivity contribution in [1.82, 2.24) is 15.5 Å². The molecule has 5 nitrogen and oxygen atoms in total. The van der Waals surface area contributed by atoms with Crippen LogP contribution in [0, 0.1) is 13.8 Å². The first-order valence-electron chi connectivity index (χ1n) is 6.38. The molecule has 0 aliphatic carbocycles. The second-order valence-corrected chi connectivity index (χ2v) is 4.79. The van der Waals surface area contributed by atoms with Crippen molar-refractivity contribution >= 4 is 0 Å². The molecule has 0 bridgehead atoms. The Morgan fingerprint density at radius 2 is 2.22 bits per heavy atom. The molecule has 0 saturated carbocycles. The van der Waals surface area contributed by atoms with Crippen molar-refractivity contribution in [3.63, 3.8) is 0 Å². The summed E-state index contributed by atoms with van der Waals surface area (Å²) in [6.07, 6.45) is 3.51. The zero-order valence-corrected chi connectivity index (χ0v) is 10.7. The number of hydrogen-bond acceptors (Lipinski definition) is 5. The van der Waals surface area contributed by atoms with Gasteiger partial charge in [-0.2, -0.15) is 4.98 Å². The molecular formula is C13H17N3O2. The van der Waals surface area contributed by atoms with Gasteiger partial charge in [0.05, 0.1) is 11.6 Å². The Morgan fingerprint density at radius 1 is 1.33 bits per heavy atom. The van der Waals surface area contributed by atoms with Crippen molar-refractivity contribution in [2.45, 2.75) is 39.2 Å². The largest absolute Gasteiger partial charge is 0.466 e. The van der Waals surface area contributed by atoms with E-state index in [2.05, 4.69) is 15.5 Å². The summed E-state index contributed by atoms with van der Waals surface area (Å²) < 4.78 is 10.8. The SMILES string of the molecule is Cc1cc(-c2nc(C3CCCCN3)no2)c(C)o1. The molecule has 3 heterocycles. The van der Waals surface area contributed by atoms with Gasteiger partial charge in [0, 0.05) is 0 Å². The molecular weight excluding hydrogens is 230 g/mol. The van der Waals surface area contributed by atoms with E-state index in [9.17, 15) is 0 Å². The number of furan rings is 1. The van der Waals surface area contributed by atoms with Crippen LogP contribution in [0.25, 0.3) is 11.5 Å². The fourth-order valence-electron chi connectivity index (χ4n) is 2.40. The van der Waals surface area contributed by atoms with Crippen molar-refractivity contribution in [1.29, 1.82) is 0 Å². The summed E-state index contributed by atoms with van der Waals surface area (Å²) in [7, 11) is 0. The third kappa shape index (κ3) is 2.06. The average molecular weight is 247 g/mol. The van der Waals surface area contributed by atoms with E-state index in [1.165, 1.54) is 12.8 Å². The van der Waals surface area contributed by atoms with Crippen molar-refractivity contribution in [3.05, 3.63) is 23.4 Å². The third-order valence-electron chi connectivity index (χ3n) is 3.34. The molecule has 1 saturated heterocycles. The van der Waals surface area contributed by atoms with Crippen LogP contribution in [0.2, 0.25) is 0 Å². The van der Waals surface area contributed by atoms with Crippen LogP contribution in [0.1, 0.15) is 42.6 Å². The number of nitrogens with zero attached hydrogens (tertiary/aromatic N) is 2. The molecule has 96 valence electrons. The number of aryl methyl sites for hydroxylation is 2. The van der Waals surface area contributed by atoms with Crippen LogP contribution >= 0.6 is 0 Å². The fourth-order valence-corrected chi connectivity index (χ4v) is 2.40. The molecule has 18 heavy (non-hydrogen) atoms. The first-order valence-corrected chi connectivity index (χ1v) is 6.38. The Balaban J connectivity index is 1.86. The number of rotatable bonds is 2. The molecule has 5 heteroatoms. The molecule has 0 amide bonds. The van der Waals surface area contributed by atoms with Gasteiger partial charge in [-0.25, -0.2) is 0 Å². The zero-order valence-electron chi connectivity index (χ0n) is 10.7. The number of nitrogens with one attached hydrogen (secondary N) is 1. The van der Waals surface area contributed by atoms with Gasteiger partial charge < -0.3 is 14.3 Å². The van der Waals surface area contributed by atoms with Gasteiger partial charge in [-0.1, -0.05) is 11.6 Å². The highest BCUT2D eigenvalue weighted by atomic mass is 16.5. The number of aromatic nitrogens is 2. The molecule has 1 N–H and O–H groups in total. The van der Waals surface area contributed by atoms with E-state index in [0.29, 0.717) is 5.89 Å². The Hall–Kier alpha value is -1.62. The van der Waals surface area contributed by atoms with Gasteiger partial charge in [0.2, 0.25) is 0 Å². The average Bonchev–Trinajstić information content (AvgIpc) is 2.97. The summed E-state index contributed by atoms with van der Waals surface area (Å²) in [6, 6.07) is 2.16.